The van der Waals surface area contributed by atoms with E-state index in [1.54, 1.807) is 25.1 Å². The molecule has 0 unspecified atom stereocenters. The fourth-order valence-corrected chi connectivity index (χ4v) is 4.59. The second-order valence-electron chi connectivity index (χ2n) is 8.95. The van der Waals surface area contributed by atoms with Gasteiger partial charge in [0.15, 0.2) is 11.5 Å². The summed E-state index contributed by atoms with van der Waals surface area (Å²) in [5.41, 5.74) is 0.996. The van der Waals surface area contributed by atoms with Gasteiger partial charge in [-0.3, -0.25) is 14.5 Å². The number of amides is 4. The number of carbonyl (C=O) groups excluding carboxylic acids is 3. The van der Waals surface area contributed by atoms with Crippen molar-refractivity contribution in [2.24, 2.45) is 0 Å². The molecule has 0 aromatic heterocycles. The SMILES string of the molecule is C[C@@]1(c2ccc3c(c2)OCCCO3)NC(=O)N(CC(=O)Nc2ccc(N3CCCC3)cc2)C1=O. The summed E-state index contributed by atoms with van der Waals surface area (Å²) in [6.07, 6.45) is 3.14. The molecule has 2 saturated heterocycles. The summed E-state index contributed by atoms with van der Waals surface area (Å²) in [7, 11) is 0. The fraction of sp³-hybridized carbons (Fsp3) is 0.400. The molecule has 1 atom stereocenters. The zero-order valence-electron chi connectivity index (χ0n) is 19.1. The van der Waals surface area contributed by atoms with E-state index < -0.39 is 23.4 Å². The zero-order chi connectivity index (χ0) is 23.7. The van der Waals surface area contributed by atoms with Crippen LogP contribution in [-0.2, 0) is 15.1 Å². The molecule has 2 aromatic rings. The highest BCUT2D eigenvalue weighted by Crippen LogP contribution is 2.36. The molecule has 2 aromatic carbocycles. The Hall–Kier alpha value is -3.75. The molecule has 0 saturated carbocycles. The van der Waals surface area contributed by atoms with Gasteiger partial charge in [-0.25, -0.2) is 4.79 Å². The Labute approximate surface area is 198 Å². The smallest absolute Gasteiger partial charge is 0.325 e. The van der Waals surface area contributed by atoms with Gasteiger partial charge in [-0.2, -0.15) is 0 Å². The van der Waals surface area contributed by atoms with Crippen molar-refractivity contribution < 1.29 is 23.9 Å². The molecule has 3 aliphatic rings. The van der Waals surface area contributed by atoms with E-state index in [-0.39, 0.29) is 6.54 Å². The lowest BCUT2D eigenvalue weighted by Crippen LogP contribution is -2.42. The number of hydrogen-bond donors (Lipinski definition) is 2. The number of hydrogen-bond acceptors (Lipinski definition) is 6. The minimum atomic E-state index is -1.31. The van der Waals surface area contributed by atoms with Crippen molar-refractivity contribution in [1.29, 1.82) is 0 Å². The monoisotopic (exact) mass is 464 g/mol. The lowest BCUT2D eigenvalue weighted by Gasteiger charge is -2.23. The third kappa shape index (κ3) is 4.13. The Kier molecular flexibility index (Phi) is 5.77. The van der Waals surface area contributed by atoms with Gasteiger partial charge in [-0.15, -0.1) is 0 Å². The number of fused-ring (bicyclic) bond motifs is 1. The van der Waals surface area contributed by atoms with Gasteiger partial charge in [0.25, 0.3) is 5.91 Å². The Balaban J connectivity index is 1.26. The normalized spacial score (nSPS) is 21.9. The molecular formula is C25H28N4O5. The number of imide groups is 1. The number of nitrogens with one attached hydrogen (secondary N) is 2. The van der Waals surface area contributed by atoms with Crippen LogP contribution in [-0.4, -0.2) is 55.6 Å². The largest absolute Gasteiger partial charge is 0.490 e. The summed E-state index contributed by atoms with van der Waals surface area (Å²) < 4.78 is 11.4. The molecule has 2 fully saturated rings. The number of nitrogens with zero attached hydrogens (tertiary/aromatic N) is 2. The minimum Gasteiger partial charge on any atom is -0.490 e. The second-order valence-corrected chi connectivity index (χ2v) is 8.95. The Morgan fingerprint density at radius 3 is 2.44 bits per heavy atom. The van der Waals surface area contributed by atoms with Crippen molar-refractivity contribution in [1.82, 2.24) is 10.2 Å². The molecular weight excluding hydrogens is 436 g/mol. The van der Waals surface area contributed by atoms with Crippen molar-refractivity contribution in [3.05, 3.63) is 48.0 Å². The van der Waals surface area contributed by atoms with E-state index in [0.29, 0.717) is 36.0 Å². The molecule has 3 heterocycles. The number of carbonyl (C=O) groups is 3. The van der Waals surface area contributed by atoms with Crippen LogP contribution < -0.4 is 25.0 Å². The molecule has 9 heteroatoms. The predicted molar refractivity (Wildman–Crippen MR) is 126 cm³/mol. The lowest BCUT2D eigenvalue weighted by atomic mass is 9.91. The van der Waals surface area contributed by atoms with Crippen LogP contribution in [0.3, 0.4) is 0 Å². The van der Waals surface area contributed by atoms with Crippen LogP contribution in [0.1, 0.15) is 31.7 Å². The van der Waals surface area contributed by atoms with Gasteiger partial charge in [0.2, 0.25) is 5.91 Å². The van der Waals surface area contributed by atoms with Crippen molar-refractivity contribution in [2.45, 2.75) is 31.7 Å². The summed E-state index contributed by atoms with van der Waals surface area (Å²) in [6, 6.07) is 12.2. The van der Waals surface area contributed by atoms with Gasteiger partial charge in [0.1, 0.15) is 12.1 Å². The topological polar surface area (TPSA) is 100 Å². The van der Waals surface area contributed by atoms with Crippen LogP contribution in [0.4, 0.5) is 16.2 Å². The molecule has 0 aliphatic carbocycles. The maximum Gasteiger partial charge on any atom is 0.325 e. The summed E-state index contributed by atoms with van der Waals surface area (Å²) >= 11 is 0. The molecule has 2 N–H and O–H groups in total. The highest BCUT2D eigenvalue weighted by Gasteiger charge is 2.49. The molecule has 4 amide bonds. The van der Waals surface area contributed by atoms with Crippen LogP contribution in [0, 0.1) is 0 Å². The third-order valence-electron chi connectivity index (χ3n) is 6.52. The summed E-state index contributed by atoms with van der Waals surface area (Å²) in [5, 5.41) is 5.51. The van der Waals surface area contributed by atoms with E-state index in [0.717, 1.165) is 30.1 Å². The van der Waals surface area contributed by atoms with Crippen LogP contribution >= 0.6 is 0 Å². The zero-order valence-corrected chi connectivity index (χ0v) is 19.1. The molecule has 9 nitrogen and oxygen atoms in total. The number of rotatable bonds is 5. The van der Waals surface area contributed by atoms with Gasteiger partial charge in [-0.05, 0) is 61.7 Å². The number of ether oxygens (including phenoxy) is 2. The first-order chi connectivity index (χ1) is 16.4. The number of anilines is 2. The summed E-state index contributed by atoms with van der Waals surface area (Å²) in [6.45, 7) is 4.40. The van der Waals surface area contributed by atoms with Crippen molar-refractivity contribution in [3.8, 4) is 11.5 Å². The highest BCUT2D eigenvalue weighted by atomic mass is 16.5. The quantitative estimate of drug-likeness (QED) is 0.660. The van der Waals surface area contributed by atoms with Crippen LogP contribution in [0.25, 0.3) is 0 Å². The summed E-state index contributed by atoms with van der Waals surface area (Å²) in [4.78, 5) is 41.8. The molecule has 34 heavy (non-hydrogen) atoms. The van der Waals surface area contributed by atoms with E-state index in [1.165, 1.54) is 12.8 Å². The van der Waals surface area contributed by atoms with E-state index >= 15 is 0 Å². The van der Waals surface area contributed by atoms with Gasteiger partial charge in [-0.1, -0.05) is 6.07 Å². The van der Waals surface area contributed by atoms with Crippen LogP contribution in [0.5, 0.6) is 11.5 Å². The number of urea groups is 1. The minimum absolute atomic E-state index is 0.376. The molecule has 0 bridgehead atoms. The van der Waals surface area contributed by atoms with Crippen LogP contribution in [0.15, 0.2) is 42.5 Å². The van der Waals surface area contributed by atoms with Crippen LogP contribution in [0.2, 0.25) is 0 Å². The van der Waals surface area contributed by atoms with Crippen molar-refractivity contribution in [3.63, 3.8) is 0 Å². The summed E-state index contributed by atoms with van der Waals surface area (Å²) in [5.74, 6) is 0.201. The predicted octanol–water partition coefficient (Wildman–Crippen LogP) is 2.85. The molecule has 3 aliphatic heterocycles. The van der Waals surface area contributed by atoms with Gasteiger partial charge < -0.3 is 25.0 Å². The van der Waals surface area contributed by atoms with Crippen molar-refractivity contribution in [2.75, 3.05) is 43.1 Å². The average Bonchev–Trinajstić information content (AvgIpc) is 3.35. The first-order valence-electron chi connectivity index (χ1n) is 11.6. The first-order valence-corrected chi connectivity index (χ1v) is 11.6. The average molecular weight is 465 g/mol. The maximum absolute atomic E-state index is 13.2. The van der Waals surface area contributed by atoms with Gasteiger partial charge >= 0.3 is 6.03 Å². The second kappa shape index (κ2) is 8.89. The molecule has 0 spiro atoms. The standard InChI is InChI=1S/C25H28N4O5/c1-25(17-5-10-20-21(15-17)34-14-4-13-33-20)23(31)29(24(32)27-25)16-22(30)26-18-6-8-19(9-7-18)28-11-2-3-12-28/h5-10,15H,2-4,11-14,16H2,1H3,(H,26,30)(H,27,32)/t25-/m0/s1. The Bertz CT molecular complexity index is 1110. The Morgan fingerprint density at radius 1 is 1.00 bits per heavy atom. The molecule has 5 rings (SSSR count). The van der Waals surface area contributed by atoms with E-state index in [2.05, 4.69) is 15.5 Å². The first kappa shape index (κ1) is 22.1. The van der Waals surface area contributed by atoms with Gasteiger partial charge in [0.05, 0.1) is 13.2 Å². The van der Waals surface area contributed by atoms with Crippen molar-refractivity contribution >= 4 is 29.2 Å². The third-order valence-corrected chi connectivity index (χ3v) is 6.52. The molecule has 178 valence electrons. The molecule has 0 radical (unpaired) electrons. The maximum atomic E-state index is 13.2. The Morgan fingerprint density at radius 2 is 1.71 bits per heavy atom. The van der Waals surface area contributed by atoms with Gasteiger partial charge in [0, 0.05) is 30.9 Å². The number of benzene rings is 2. The van der Waals surface area contributed by atoms with E-state index in [1.807, 2.05) is 24.3 Å². The fourth-order valence-electron chi connectivity index (χ4n) is 4.59. The highest BCUT2D eigenvalue weighted by molar-refractivity contribution is 6.10. The lowest BCUT2D eigenvalue weighted by molar-refractivity contribution is -0.133. The van der Waals surface area contributed by atoms with E-state index in [4.69, 9.17) is 9.47 Å². The van der Waals surface area contributed by atoms with E-state index in [9.17, 15) is 14.4 Å².